The van der Waals surface area contributed by atoms with Gasteiger partial charge in [0.1, 0.15) is 0 Å². The van der Waals surface area contributed by atoms with Gasteiger partial charge in [-0.3, -0.25) is 9.59 Å². The molecule has 1 aliphatic heterocycles. The summed E-state index contributed by atoms with van der Waals surface area (Å²) in [6, 6.07) is 15.4. The van der Waals surface area contributed by atoms with Crippen molar-refractivity contribution in [3.63, 3.8) is 0 Å². The van der Waals surface area contributed by atoms with Crippen molar-refractivity contribution >= 4 is 29.3 Å². The zero-order valence-corrected chi connectivity index (χ0v) is 16.8. The van der Waals surface area contributed by atoms with Crippen LogP contribution < -0.4 is 10.6 Å². The minimum absolute atomic E-state index is 0.165. The molecule has 0 spiro atoms. The van der Waals surface area contributed by atoms with E-state index in [1.54, 1.807) is 29.3 Å². The van der Waals surface area contributed by atoms with Crippen LogP contribution in [0, 0.1) is 6.92 Å². The second kappa shape index (κ2) is 9.46. The first-order valence-corrected chi connectivity index (χ1v) is 10.3. The largest absolute Gasteiger partial charge is 0.487 e. The van der Waals surface area contributed by atoms with E-state index in [2.05, 4.69) is 29.7 Å². The number of thioether (sulfide) groups is 1. The number of aryl methyl sites for hydroxylation is 1. The van der Waals surface area contributed by atoms with Crippen molar-refractivity contribution in [1.29, 1.82) is 0 Å². The quantitative estimate of drug-likeness (QED) is 0.772. The third-order valence-corrected chi connectivity index (χ3v) is 5.34. The van der Waals surface area contributed by atoms with Crippen molar-refractivity contribution in [2.24, 2.45) is 0 Å². The Morgan fingerprint density at radius 1 is 1.14 bits per heavy atom. The number of benzene rings is 2. The fourth-order valence-electron chi connectivity index (χ4n) is 2.82. The van der Waals surface area contributed by atoms with Gasteiger partial charge in [0, 0.05) is 29.0 Å². The number of ether oxygens (including phenoxy) is 1. The lowest BCUT2D eigenvalue weighted by Crippen LogP contribution is -2.27. The second-order valence-corrected chi connectivity index (χ2v) is 7.68. The van der Waals surface area contributed by atoms with Crippen molar-refractivity contribution in [3.05, 3.63) is 76.4 Å². The van der Waals surface area contributed by atoms with Crippen molar-refractivity contribution < 1.29 is 14.3 Å². The lowest BCUT2D eigenvalue weighted by Gasteiger charge is -2.16. The number of anilines is 1. The van der Waals surface area contributed by atoms with Crippen molar-refractivity contribution in [1.82, 2.24) is 5.32 Å². The molecule has 28 heavy (non-hydrogen) atoms. The molecule has 1 atom stereocenters. The van der Waals surface area contributed by atoms with Gasteiger partial charge in [-0.2, -0.15) is 0 Å². The molecule has 2 aromatic rings. The number of hydrogen-bond donors (Lipinski definition) is 2. The molecule has 0 fully saturated rings. The van der Waals surface area contributed by atoms with E-state index in [0.29, 0.717) is 30.2 Å². The van der Waals surface area contributed by atoms with Gasteiger partial charge >= 0.3 is 0 Å². The van der Waals surface area contributed by atoms with E-state index in [1.165, 1.54) is 5.56 Å². The summed E-state index contributed by atoms with van der Waals surface area (Å²) in [6.45, 7) is 5.02. The average molecular weight is 397 g/mol. The normalized spacial score (nSPS) is 14.4. The van der Waals surface area contributed by atoms with E-state index >= 15 is 0 Å². The highest BCUT2D eigenvalue weighted by molar-refractivity contribution is 8.02. The number of hydrogen-bond acceptors (Lipinski definition) is 4. The molecule has 2 amide bonds. The summed E-state index contributed by atoms with van der Waals surface area (Å²) in [5.74, 6) is 0.893. The predicted octanol–water partition coefficient (Wildman–Crippen LogP) is 4.07. The van der Waals surface area contributed by atoms with Gasteiger partial charge < -0.3 is 15.4 Å². The van der Waals surface area contributed by atoms with Gasteiger partial charge in [-0.1, -0.05) is 43.3 Å². The Morgan fingerprint density at radius 2 is 1.93 bits per heavy atom. The van der Waals surface area contributed by atoms with Crippen LogP contribution in [0.4, 0.5) is 5.69 Å². The van der Waals surface area contributed by atoms with Crippen LogP contribution in [0.1, 0.15) is 34.3 Å². The summed E-state index contributed by atoms with van der Waals surface area (Å²) in [7, 11) is 0. The molecule has 0 radical (unpaired) electrons. The number of carbonyl (C=O) groups excluding carboxylic acids is 2. The predicted molar refractivity (Wildman–Crippen MR) is 113 cm³/mol. The summed E-state index contributed by atoms with van der Waals surface area (Å²) in [6.07, 6.45) is 0. The van der Waals surface area contributed by atoms with Crippen LogP contribution in [-0.4, -0.2) is 30.7 Å². The van der Waals surface area contributed by atoms with Gasteiger partial charge in [0.25, 0.3) is 11.8 Å². The number of nitrogens with one attached hydrogen (secondary N) is 2. The zero-order valence-electron chi connectivity index (χ0n) is 16.0. The van der Waals surface area contributed by atoms with Crippen LogP contribution >= 0.6 is 11.8 Å². The molecule has 6 heteroatoms. The number of amides is 2. The van der Waals surface area contributed by atoms with Gasteiger partial charge in [-0.25, -0.2) is 0 Å². The molecule has 0 aromatic heterocycles. The van der Waals surface area contributed by atoms with Crippen molar-refractivity contribution in [2.75, 3.05) is 24.2 Å². The molecule has 5 nitrogen and oxygen atoms in total. The van der Waals surface area contributed by atoms with Crippen LogP contribution in [0.5, 0.6) is 0 Å². The minimum atomic E-state index is -0.300. The monoisotopic (exact) mass is 396 g/mol. The van der Waals surface area contributed by atoms with Gasteiger partial charge in [0.15, 0.2) is 5.76 Å². The first kappa shape index (κ1) is 20.0. The molecule has 146 valence electrons. The lowest BCUT2D eigenvalue weighted by atomic mass is 10.0. The summed E-state index contributed by atoms with van der Waals surface area (Å²) in [5, 5.41) is 7.53. The van der Waals surface area contributed by atoms with E-state index in [0.717, 1.165) is 11.3 Å². The van der Waals surface area contributed by atoms with E-state index in [4.69, 9.17) is 4.74 Å². The Balaban J connectivity index is 1.64. The highest BCUT2D eigenvalue weighted by Crippen LogP contribution is 2.21. The minimum Gasteiger partial charge on any atom is -0.487 e. The maximum absolute atomic E-state index is 12.6. The van der Waals surface area contributed by atoms with Gasteiger partial charge in [-0.15, -0.1) is 11.8 Å². The first-order chi connectivity index (χ1) is 13.5. The van der Waals surface area contributed by atoms with Crippen LogP contribution in [0.15, 0.2) is 59.7 Å². The first-order valence-electron chi connectivity index (χ1n) is 9.24. The Labute approximate surface area is 169 Å². The van der Waals surface area contributed by atoms with E-state index in [-0.39, 0.29) is 17.7 Å². The Hall–Kier alpha value is -2.73. The molecule has 0 saturated carbocycles. The van der Waals surface area contributed by atoms with Crippen LogP contribution in [-0.2, 0) is 9.53 Å². The average Bonchev–Trinajstić information content (AvgIpc) is 2.74. The summed E-state index contributed by atoms with van der Waals surface area (Å²) in [5.41, 5.74) is 3.17. The SMILES string of the molecule is Cc1ccc(C(=O)NC[C@H](C)c2ccccc2)cc1NC(=O)C1=CSCCO1. The molecule has 1 heterocycles. The Morgan fingerprint density at radius 3 is 2.64 bits per heavy atom. The third kappa shape index (κ3) is 5.16. The van der Waals surface area contributed by atoms with Gasteiger partial charge in [0.2, 0.25) is 0 Å². The fourth-order valence-corrected chi connectivity index (χ4v) is 3.44. The molecule has 3 rings (SSSR count). The molecule has 2 N–H and O–H groups in total. The summed E-state index contributed by atoms with van der Waals surface area (Å²) >= 11 is 1.55. The number of carbonyl (C=O) groups is 2. The van der Waals surface area contributed by atoms with Gasteiger partial charge in [-0.05, 0) is 36.1 Å². The number of rotatable bonds is 6. The van der Waals surface area contributed by atoms with Crippen molar-refractivity contribution in [2.45, 2.75) is 19.8 Å². The zero-order chi connectivity index (χ0) is 19.9. The molecular weight excluding hydrogens is 372 g/mol. The molecule has 0 saturated heterocycles. The van der Waals surface area contributed by atoms with Crippen LogP contribution in [0.25, 0.3) is 0 Å². The second-order valence-electron chi connectivity index (χ2n) is 6.71. The molecular formula is C22H24N2O3S. The topological polar surface area (TPSA) is 67.4 Å². The highest BCUT2D eigenvalue weighted by atomic mass is 32.2. The molecule has 0 bridgehead atoms. The smallest absolute Gasteiger partial charge is 0.291 e. The van der Waals surface area contributed by atoms with Gasteiger partial charge in [0.05, 0.1) is 6.61 Å². The summed E-state index contributed by atoms with van der Waals surface area (Å²) in [4.78, 5) is 24.9. The fraction of sp³-hybridized carbons (Fsp3) is 0.273. The standard InChI is InChI=1S/C22H24N2O3S/c1-15-8-9-18(12-19(15)24-22(26)20-14-28-11-10-27-20)21(25)23-13-16(2)17-6-4-3-5-7-17/h3-9,12,14,16H,10-11,13H2,1-2H3,(H,23,25)(H,24,26)/t16-/m0/s1. The van der Waals surface area contributed by atoms with E-state index < -0.39 is 0 Å². The third-order valence-electron chi connectivity index (χ3n) is 4.56. The van der Waals surface area contributed by atoms with Crippen molar-refractivity contribution in [3.8, 4) is 0 Å². The Bertz CT molecular complexity index is 881. The Kier molecular flexibility index (Phi) is 6.76. The highest BCUT2D eigenvalue weighted by Gasteiger charge is 2.17. The maximum Gasteiger partial charge on any atom is 0.291 e. The van der Waals surface area contributed by atoms with Crippen LogP contribution in [0.2, 0.25) is 0 Å². The molecule has 2 aromatic carbocycles. The van der Waals surface area contributed by atoms with E-state index in [1.807, 2.05) is 31.2 Å². The molecule has 0 unspecified atom stereocenters. The van der Waals surface area contributed by atoms with Crippen LogP contribution in [0.3, 0.4) is 0 Å². The summed E-state index contributed by atoms with van der Waals surface area (Å²) < 4.78 is 5.39. The maximum atomic E-state index is 12.6. The molecule has 1 aliphatic rings. The molecule has 0 aliphatic carbocycles. The lowest BCUT2D eigenvalue weighted by molar-refractivity contribution is -0.116. The van der Waals surface area contributed by atoms with E-state index in [9.17, 15) is 9.59 Å².